The van der Waals surface area contributed by atoms with Crippen LogP contribution in [0, 0.1) is 5.92 Å². The first-order valence-corrected chi connectivity index (χ1v) is 12.0. The highest BCUT2D eigenvalue weighted by Crippen LogP contribution is 2.40. The number of hydrogen-bond donors (Lipinski definition) is 0. The minimum atomic E-state index is 0.573. The number of hydrogen-bond acceptors (Lipinski definition) is 2. The average molecular weight is 433 g/mol. The molecule has 0 bridgehead atoms. The maximum Gasteiger partial charge on any atom is 0.145 e. The van der Waals surface area contributed by atoms with Crippen molar-refractivity contribution in [3.8, 4) is 21.7 Å². The molecule has 0 spiro atoms. The van der Waals surface area contributed by atoms with E-state index in [4.69, 9.17) is 4.98 Å². The summed E-state index contributed by atoms with van der Waals surface area (Å²) in [6, 6.07) is 28.4. The number of benzene rings is 3. The summed E-state index contributed by atoms with van der Waals surface area (Å²) in [6.45, 7) is 4.58. The summed E-state index contributed by atoms with van der Waals surface area (Å²) in [5.74, 6) is 0.573. The Labute approximate surface area is 191 Å². The Bertz CT molecular complexity index is 1570. The molecule has 3 heterocycles. The van der Waals surface area contributed by atoms with Crippen LogP contribution in [0.2, 0.25) is 0 Å². The Morgan fingerprint density at radius 3 is 2.38 bits per heavy atom. The molecule has 156 valence electrons. The van der Waals surface area contributed by atoms with Crippen LogP contribution in [0.25, 0.3) is 49.0 Å². The van der Waals surface area contributed by atoms with Crippen molar-refractivity contribution in [2.45, 2.75) is 20.3 Å². The fourth-order valence-electron chi connectivity index (χ4n) is 4.92. The molecule has 2 nitrogen and oxygen atoms in total. The Morgan fingerprint density at radius 2 is 1.59 bits per heavy atom. The van der Waals surface area contributed by atoms with Gasteiger partial charge in [0.15, 0.2) is 0 Å². The molecule has 6 rings (SSSR count). The topological polar surface area (TPSA) is 17.3 Å². The first-order chi connectivity index (χ1) is 15.7. The third kappa shape index (κ3) is 2.96. The third-order valence-electron chi connectivity index (χ3n) is 6.19. The summed E-state index contributed by atoms with van der Waals surface area (Å²) in [5, 5.41) is 5.86. The molecular formula is C29H24N2S. The maximum atomic E-state index is 4.98. The standard InChI is InChI=1S/C29H24N2S/c1-19(2)17-20-9-7-13-24(27-15-8-16-32-27)28(20)26-18-30-29-23-12-4-3-10-21(23)22-11-5-6-14-25(22)31(26)29/h3-16,18-19H,17H2,1-2H3. The highest BCUT2D eigenvalue weighted by molar-refractivity contribution is 7.13. The zero-order chi connectivity index (χ0) is 21.7. The van der Waals surface area contributed by atoms with E-state index in [1.807, 2.05) is 0 Å². The van der Waals surface area contributed by atoms with Crippen molar-refractivity contribution in [2.24, 2.45) is 5.92 Å². The molecule has 0 N–H and O–H groups in total. The second kappa shape index (κ2) is 7.61. The van der Waals surface area contributed by atoms with Crippen molar-refractivity contribution in [3.05, 3.63) is 96.0 Å². The van der Waals surface area contributed by atoms with Gasteiger partial charge >= 0.3 is 0 Å². The lowest BCUT2D eigenvalue weighted by Crippen LogP contribution is -2.01. The normalized spacial score (nSPS) is 11.8. The fraction of sp³-hybridized carbons (Fsp3) is 0.138. The zero-order valence-corrected chi connectivity index (χ0v) is 19.1. The predicted octanol–water partition coefficient (Wildman–Crippen LogP) is 8.23. The molecule has 0 aliphatic heterocycles. The van der Waals surface area contributed by atoms with Crippen molar-refractivity contribution in [1.82, 2.24) is 9.38 Å². The van der Waals surface area contributed by atoms with E-state index < -0.39 is 0 Å². The van der Waals surface area contributed by atoms with Gasteiger partial charge in [-0.3, -0.25) is 4.40 Å². The lowest BCUT2D eigenvalue weighted by atomic mass is 9.92. The van der Waals surface area contributed by atoms with E-state index in [-0.39, 0.29) is 0 Å². The maximum absolute atomic E-state index is 4.98. The van der Waals surface area contributed by atoms with Crippen LogP contribution in [0.15, 0.2) is 90.4 Å². The van der Waals surface area contributed by atoms with Gasteiger partial charge in [-0.15, -0.1) is 11.3 Å². The Balaban J connectivity index is 1.78. The molecule has 0 saturated carbocycles. The second-order valence-corrected chi connectivity index (χ2v) is 9.73. The summed E-state index contributed by atoms with van der Waals surface area (Å²) in [7, 11) is 0. The van der Waals surface area contributed by atoms with Gasteiger partial charge in [0.2, 0.25) is 0 Å². The van der Waals surface area contributed by atoms with Gasteiger partial charge in [0.25, 0.3) is 0 Å². The van der Waals surface area contributed by atoms with Gasteiger partial charge in [0, 0.05) is 26.8 Å². The van der Waals surface area contributed by atoms with E-state index in [2.05, 4.69) is 109 Å². The summed E-state index contributed by atoms with van der Waals surface area (Å²) < 4.78 is 2.37. The summed E-state index contributed by atoms with van der Waals surface area (Å²) >= 11 is 1.80. The van der Waals surface area contributed by atoms with Crippen molar-refractivity contribution < 1.29 is 0 Å². The molecule has 0 aliphatic carbocycles. The number of para-hydroxylation sites is 1. The van der Waals surface area contributed by atoms with Crippen LogP contribution < -0.4 is 0 Å². The number of nitrogens with zero attached hydrogens (tertiary/aromatic N) is 2. The Morgan fingerprint density at radius 1 is 0.812 bits per heavy atom. The molecule has 0 fully saturated rings. The smallest absolute Gasteiger partial charge is 0.145 e. The largest absolute Gasteiger partial charge is 0.292 e. The highest BCUT2D eigenvalue weighted by atomic mass is 32.1. The van der Waals surface area contributed by atoms with Crippen LogP contribution in [-0.4, -0.2) is 9.38 Å². The predicted molar refractivity (Wildman–Crippen MR) is 137 cm³/mol. The lowest BCUT2D eigenvalue weighted by Gasteiger charge is -2.17. The molecular weight excluding hydrogens is 408 g/mol. The van der Waals surface area contributed by atoms with E-state index >= 15 is 0 Å². The van der Waals surface area contributed by atoms with Crippen LogP contribution >= 0.6 is 11.3 Å². The quantitative estimate of drug-likeness (QED) is 0.256. The number of imidazole rings is 1. The van der Waals surface area contributed by atoms with Gasteiger partial charge in [0.1, 0.15) is 5.65 Å². The van der Waals surface area contributed by atoms with E-state index in [0.717, 1.165) is 12.1 Å². The monoisotopic (exact) mass is 432 g/mol. The average Bonchev–Trinajstić information content (AvgIpc) is 3.49. The second-order valence-electron chi connectivity index (χ2n) is 8.78. The van der Waals surface area contributed by atoms with Crippen LogP contribution in [0.1, 0.15) is 19.4 Å². The minimum Gasteiger partial charge on any atom is -0.292 e. The van der Waals surface area contributed by atoms with Gasteiger partial charge in [-0.1, -0.05) is 80.6 Å². The SMILES string of the molecule is CC(C)Cc1cccc(-c2cccs2)c1-c1cnc2c3ccccc3c3ccccc3n12. The molecule has 3 heteroatoms. The molecule has 6 aromatic rings. The van der Waals surface area contributed by atoms with Crippen molar-refractivity contribution in [1.29, 1.82) is 0 Å². The molecule has 0 atom stereocenters. The Kier molecular flexibility index (Phi) is 4.58. The van der Waals surface area contributed by atoms with Crippen LogP contribution in [0.4, 0.5) is 0 Å². The first kappa shape index (κ1) is 19.3. The molecule has 3 aromatic carbocycles. The van der Waals surface area contributed by atoms with Gasteiger partial charge < -0.3 is 0 Å². The molecule has 0 aliphatic rings. The Hall–Kier alpha value is -3.43. The number of rotatable bonds is 4. The molecule has 0 amide bonds. The first-order valence-electron chi connectivity index (χ1n) is 11.2. The minimum absolute atomic E-state index is 0.573. The number of pyridine rings is 1. The van der Waals surface area contributed by atoms with Crippen LogP contribution in [-0.2, 0) is 6.42 Å². The van der Waals surface area contributed by atoms with Gasteiger partial charge in [-0.05, 0) is 40.8 Å². The van der Waals surface area contributed by atoms with Crippen molar-refractivity contribution in [2.75, 3.05) is 0 Å². The summed E-state index contributed by atoms with van der Waals surface area (Å²) in [6.07, 6.45) is 3.11. The van der Waals surface area contributed by atoms with E-state index in [1.165, 1.54) is 48.9 Å². The van der Waals surface area contributed by atoms with E-state index in [0.29, 0.717) is 5.92 Å². The van der Waals surface area contributed by atoms with E-state index in [1.54, 1.807) is 11.3 Å². The number of thiophene rings is 1. The molecule has 0 saturated heterocycles. The lowest BCUT2D eigenvalue weighted by molar-refractivity contribution is 0.648. The molecule has 3 aromatic heterocycles. The van der Waals surface area contributed by atoms with Crippen LogP contribution in [0.3, 0.4) is 0 Å². The highest BCUT2D eigenvalue weighted by Gasteiger charge is 2.20. The molecule has 0 radical (unpaired) electrons. The molecule has 0 unspecified atom stereocenters. The van der Waals surface area contributed by atoms with Crippen molar-refractivity contribution in [3.63, 3.8) is 0 Å². The summed E-state index contributed by atoms with van der Waals surface area (Å²) in [4.78, 5) is 6.28. The zero-order valence-electron chi connectivity index (χ0n) is 18.2. The van der Waals surface area contributed by atoms with Crippen molar-refractivity contribution >= 4 is 38.7 Å². The van der Waals surface area contributed by atoms with Gasteiger partial charge in [-0.2, -0.15) is 0 Å². The summed E-state index contributed by atoms with van der Waals surface area (Å²) in [5.41, 5.74) is 7.36. The number of aromatic nitrogens is 2. The molecule has 32 heavy (non-hydrogen) atoms. The number of fused-ring (bicyclic) bond motifs is 6. The fourth-order valence-corrected chi connectivity index (χ4v) is 5.68. The van der Waals surface area contributed by atoms with Crippen LogP contribution in [0.5, 0.6) is 0 Å². The third-order valence-corrected chi connectivity index (χ3v) is 7.09. The van der Waals surface area contributed by atoms with E-state index in [9.17, 15) is 0 Å². The van der Waals surface area contributed by atoms with Gasteiger partial charge in [-0.25, -0.2) is 4.98 Å². The van der Waals surface area contributed by atoms with Gasteiger partial charge in [0.05, 0.1) is 17.4 Å².